The number of benzene rings is 2. The molecule has 32 heavy (non-hydrogen) atoms. The average molecular weight is 443 g/mol. The van der Waals surface area contributed by atoms with Crippen molar-refractivity contribution in [3.63, 3.8) is 0 Å². The highest BCUT2D eigenvalue weighted by molar-refractivity contribution is 7.21. The number of nitrogens with one attached hydrogen (secondary N) is 1. The number of thiazole rings is 1. The smallest absolute Gasteiger partial charge is 0.229 e. The van der Waals surface area contributed by atoms with Crippen LogP contribution in [0, 0.1) is 19.8 Å². The summed E-state index contributed by atoms with van der Waals surface area (Å²) in [5.74, 6) is -0.556. The third-order valence-electron chi connectivity index (χ3n) is 5.83. The molecule has 1 fully saturated rings. The van der Waals surface area contributed by atoms with Gasteiger partial charge < -0.3 is 10.2 Å². The van der Waals surface area contributed by atoms with Crippen LogP contribution in [0.4, 0.5) is 11.4 Å². The summed E-state index contributed by atoms with van der Waals surface area (Å²) in [6, 6.07) is 17.4. The first kappa shape index (κ1) is 20.3. The molecule has 0 radical (unpaired) electrons. The first-order chi connectivity index (χ1) is 15.5. The molecule has 160 valence electrons. The van der Waals surface area contributed by atoms with E-state index in [4.69, 9.17) is 4.98 Å². The van der Waals surface area contributed by atoms with Gasteiger partial charge >= 0.3 is 0 Å². The minimum atomic E-state index is -0.390. The lowest BCUT2D eigenvalue weighted by Crippen LogP contribution is -2.28. The Morgan fingerprint density at radius 3 is 2.69 bits per heavy atom. The largest absolute Gasteiger partial charge is 0.326 e. The zero-order valence-electron chi connectivity index (χ0n) is 17.8. The lowest BCUT2D eigenvalue weighted by Gasteiger charge is -2.17. The number of aromatic nitrogens is 2. The summed E-state index contributed by atoms with van der Waals surface area (Å²) in [5.41, 5.74) is 5.48. The Labute approximate surface area is 189 Å². The van der Waals surface area contributed by atoms with Crippen LogP contribution < -0.4 is 10.2 Å². The molecular formula is C25H22N4O2S. The summed E-state index contributed by atoms with van der Waals surface area (Å²) in [6.07, 6.45) is 1.97. The van der Waals surface area contributed by atoms with Gasteiger partial charge in [0.05, 0.1) is 5.92 Å². The van der Waals surface area contributed by atoms with Crippen molar-refractivity contribution in [1.82, 2.24) is 9.97 Å². The van der Waals surface area contributed by atoms with Gasteiger partial charge in [-0.05, 0) is 49.7 Å². The number of nitrogens with zero attached hydrogens (tertiary/aromatic N) is 3. The Morgan fingerprint density at radius 2 is 1.91 bits per heavy atom. The Balaban J connectivity index is 1.35. The van der Waals surface area contributed by atoms with E-state index >= 15 is 0 Å². The van der Waals surface area contributed by atoms with Crippen LogP contribution >= 0.6 is 11.3 Å². The van der Waals surface area contributed by atoms with Crippen molar-refractivity contribution in [2.45, 2.75) is 20.3 Å². The molecule has 1 aliphatic rings. The second-order valence-electron chi connectivity index (χ2n) is 8.06. The first-order valence-corrected chi connectivity index (χ1v) is 11.3. The van der Waals surface area contributed by atoms with Gasteiger partial charge in [0, 0.05) is 36.1 Å². The van der Waals surface area contributed by atoms with E-state index in [9.17, 15) is 9.59 Å². The number of fused-ring (bicyclic) bond motifs is 1. The zero-order chi connectivity index (χ0) is 22.2. The molecule has 1 saturated heterocycles. The zero-order valence-corrected chi connectivity index (χ0v) is 18.6. The van der Waals surface area contributed by atoms with Gasteiger partial charge in [0.1, 0.15) is 15.4 Å². The van der Waals surface area contributed by atoms with Crippen LogP contribution in [-0.4, -0.2) is 28.3 Å². The fraction of sp³-hybridized carbons (Fsp3) is 0.200. The Hall–Kier alpha value is -3.58. The van der Waals surface area contributed by atoms with Crippen LogP contribution in [0.2, 0.25) is 0 Å². The molecule has 3 heterocycles. The Morgan fingerprint density at radius 1 is 1.09 bits per heavy atom. The number of carbonyl (C=O) groups is 2. The van der Waals surface area contributed by atoms with Crippen LogP contribution in [0.3, 0.4) is 0 Å². The second-order valence-corrected chi connectivity index (χ2v) is 9.03. The molecule has 6 nitrogen and oxygen atoms in total. The van der Waals surface area contributed by atoms with Crippen LogP contribution in [0.1, 0.15) is 17.5 Å². The summed E-state index contributed by atoms with van der Waals surface area (Å²) >= 11 is 1.53. The number of hydrogen-bond donors (Lipinski definition) is 1. The van der Waals surface area contributed by atoms with E-state index in [1.54, 1.807) is 11.1 Å². The van der Waals surface area contributed by atoms with Gasteiger partial charge in [0.2, 0.25) is 11.8 Å². The standard InChI is InChI=1S/C25H22N4O2S/c1-15-8-10-18(11-9-15)29-14-17(13-22(29)30)23(31)27-20-6-3-5-19(16(20)2)24-28-21-7-4-12-26-25(21)32-24/h3-12,17H,13-14H2,1-2H3,(H,27,31). The van der Waals surface area contributed by atoms with Crippen molar-refractivity contribution in [3.8, 4) is 10.6 Å². The predicted molar refractivity (Wildman–Crippen MR) is 128 cm³/mol. The highest BCUT2D eigenvalue weighted by Gasteiger charge is 2.35. The normalized spacial score (nSPS) is 16.0. The van der Waals surface area contributed by atoms with E-state index in [2.05, 4.69) is 10.3 Å². The first-order valence-electron chi connectivity index (χ1n) is 10.5. The summed E-state index contributed by atoms with van der Waals surface area (Å²) in [4.78, 5) is 37.2. The van der Waals surface area contributed by atoms with Crippen molar-refractivity contribution in [2.75, 3.05) is 16.8 Å². The maximum atomic E-state index is 13.0. The maximum absolute atomic E-state index is 13.0. The molecule has 2 aromatic heterocycles. The number of rotatable bonds is 4. The summed E-state index contributed by atoms with van der Waals surface area (Å²) < 4.78 is 0. The molecule has 2 amide bonds. The molecule has 0 saturated carbocycles. The molecule has 5 rings (SSSR count). The van der Waals surface area contributed by atoms with Gasteiger partial charge in [0.25, 0.3) is 0 Å². The van der Waals surface area contributed by atoms with Gasteiger partial charge in [-0.1, -0.05) is 41.2 Å². The molecule has 1 aliphatic heterocycles. The van der Waals surface area contributed by atoms with E-state index in [0.29, 0.717) is 6.54 Å². The van der Waals surface area contributed by atoms with Gasteiger partial charge in [0.15, 0.2) is 0 Å². The minimum Gasteiger partial charge on any atom is -0.326 e. The molecule has 4 aromatic rings. The molecule has 2 aromatic carbocycles. The molecule has 0 bridgehead atoms. The fourth-order valence-corrected chi connectivity index (χ4v) is 4.97. The van der Waals surface area contributed by atoms with E-state index < -0.39 is 5.92 Å². The lowest BCUT2D eigenvalue weighted by molar-refractivity contribution is -0.122. The van der Waals surface area contributed by atoms with Crippen molar-refractivity contribution in [3.05, 3.63) is 71.9 Å². The highest BCUT2D eigenvalue weighted by atomic mass is 32.1. The SMILES string of the molecule is Cc1ccc(N2CC(C(=O)Nc3cccc(-c4nc5cccnc5s4)c3C)CC2=O)cc1. The molecular weight excluding hydrogens is 420 g/mol. The van der Waals surface area contributed by atoms with E-state index in [1.165, 1.54) is 11.3 Å². The molecule has 1 N–H and O–H groups in total. The molecule has 1 atom stereocenters. The van der Waals surface area contributed by atoms with Gasteiger partial charge in [-0.2, -0.15) is 0 Å². The average Bonchev–Trinajstić information content (AvgIpc) is 3.39. The monoisotopic (exact) mass is 442 g/mol. The molecule has 1 unspecified atom stereocenters. The second kappa shape index (κ2) is 8.16. The van der Waals surface area contributed by atoms with E-state index in [0.717, 1.165) is 43.4 Å². The maximum Gasteiger partial charge on any atom is 0.229 e. The number of anilines is 2. The number of pyridine rings is 1. The quantitative estimate of drug-likeness (QED) is 0.484. The predicted octanol–water partition coefficient (Wildman–Crippen LogP) is 4.97. The number of amides is 2. The summed E-state index contributed by atoms with van der Waals surface area (Å²) in [5, 5.41) is 3.91. The fourth-order valence-electron chi connectivity index (χ4n) is 3.98. The summed E-state index contributed by atoms with van der Waals surface area (Å²) in [6.45, 7) is 4.37. The van der Waals surface area contributed by atoms with Crippen molar-refractivity contribution >= 4 is 44.9 Å². The van der Waals surface area contributed by atoms with Crippen molar-refractivity contribution in [2.24, 2.45) is 5.92 Å². The Bertz CT molecular complexity index is 1300. The molecule has 0 spiro atoms. The van der Waals surface area contributed by atoms with Gasteiger partial charge in [-0.15, -0.1) is 0 Å². The van der Waals surface area contributed by atoms with Gasteiger partial charge in [-0.3, -0.25) is 9.59 Å². The van der Waals surface area contributed by atoms with E-state index in [-0.39, 0.29) is 18.2 Å². The number of carbonyl (C=O) groups excluding carboxylic acids is 2. The topological polar surface area (TPSA) is 75.2 Å². The molecule has 7 heteroatoms. The van der Waals surface area contributed by atoms with Crippen LogP contribution in [0.15, 0.2) is 60.8 Å². The third-order valence-corrected chi connectivity index (χ3v) is 6.84. The molecule has 0 aliphatic carbocycles. The van der Waals surface area contributed by atoms with Gasteiger partial charge in [-0.25, -0.2) is 9.97 Å². The van der Waals surface area contributed by atoms with E-state index in [1.807, 2.05) is 68.4 Å². The minimum absolute atomic E-state index is 0.0264. The summed E-state index contributed by atoms with van der Waals surface area (Å²) in [7, 11) is 0. The lowest BCUT2D eigenvalue weighted by atomic mass is 10.0. The third kappa shape index (κ3) is 3.76. The van der Waals surface area contributed by atoms with Crippen molar-refractivity contribution in [1.29, 1.82) is 0 Å². The van der Waals surface area contributed by atoms with Crippen molar-refractivity contribution < 1.29 is 9.59 Å². The van der Waals surface area contributed by atoms with Crippen LogP contribution in [-0.2, 0) is 9.59 Å². The number of aryl methyl sites for hydroxylation is 1. The van der Waals surface area contributed by atoms with Crippen LogP contribution in [0.5, 0.6) is 0 Å². The Kier molecular flexibility index (Phi) is 5.19. The van der Waals surface area contributed by atoms with Crippen LogP contribution in [0.25, 0.3) is 20.9 Å². The number of hydrogen-bond acceptors (Lipinski definition) is 5. The highest BCUT2D eigenvalue weighted by Crippen LogP contribution is 2.34.